The van der Waals surface area contributed by atoms with Crippen LogP contribution in [-0.2, 0) is 11.2 Å². The van der Waals surface area contributed by atoms with Gasteiger partial charge in [-0.1, -0.05) is 0 Å². The number of likely N-dealkylation sites (tertiary alicyclic amines) is 1. The van der Waals surface area contributed by atoms with E-state index in [0.29, 0.717) is 11.8 Å². The van der Waals surface area contributed by atoms with Gasteiger partial charge in [-0.05, 0) is 89.1 Å². The molecule has 2 saturated heterocycles. The minimum Gasteiger partial charge on any atom is -0.488 e. The Hall–Kier alpha value is -2.84. The van der Waals surface area contributed by atoms with Gasteiger partial charge >= 0.3 is 0 Å². The lowest BCUT2D eigenvalue weighted by atomic mass is 9.85. The van der Waals surface area contributed by atoms with E-state index in [2.05, 4.69) is 41.4 Å². The monoisotopic (exact) mass is 516 g/mol. The number of aromatic nitrogens is 4. The van der Waals surface area contributed by atoms with Gasteiger partial charge in [0.15, 0.2) is 0 Å². The maximum Gasteiger partial charge on any atom is 0.149 e. The van der Waals surface area contributed by atoms with Crippen LogP contribution < -0.4 is 9.64 Å². The van der Waals surface area contributed by atoms with Crippen molar-refractivity contribution in [2.75, 3.05) is 51.3 Å². The van der Waals surface area contributed by atoms with Gasteiger partial charge in [-0.2, -0.15) is 0 Å². The molecule has 3 aliphatic rings. The summed E-state index contributed by atoms with van der Waals surface area (Å²) in [6.07, 6.45) is 13.9. The summed E-state index contributed by atoms with van der Waals surface area (Å²) in [5.74, 6) is 3.07. The molecule has 2 aliphatic heterocycles. The van der Waals surface area contributed by atoms with Crippen LogP contribution >= 0.6 is 0 Å². The number of anilines is 1. The molecule has 0 unspecified atom stereocenters. The lowest BCUT2D eigenvalue weighted by molar-refractivity contribution is 0.122. The van der Waals surface area contributed by atoms with Crippen LogP contribution in [0.2, 0.25) is 0 Å². The van der Waals surface area contributed by atoms with Crippen LogP contribution in [0.4, 0.5) is 5.69 Å². The second-order valence-electron chi connectivity index (χ2n) is 11.4. The van der Waals surface area contributed by atoms with E-state index < -0.39 is 0 Å². The lowest BCUT2D eigenvalue weighted by Gasteiger charge is -2.31. The van der Waals surface area contributed by atoms with Gasteiger partial charge in [-0.25, -0.2) is 19.9 Å². The maximum absolute atomic E-state index is 6.63. The third kappa shape index (κ3) is 5.91. The third-order valence-corrected chi connectivity index (χ3v) is 8.57. The Kier molecular flexibility index (Phi) is 7.70. The number of benzene rings is 1. The zero-order valence-electron chi connectivity index (χ0n) is 22.8. The largest absolute Gasteiger partial charge is 0.488 e. The number of fused-ring (bicyclic) bond motifs is 1. The second kappa shape index (κ2) is 11.5. The quantitative estimate of drug-likeness (QED) is 0.472. The molecule has 1 aromatic carbocycles. The van der Waals surface area contributed by atoms with Crippen LogP contribution in [0.25, 0.3) is 11.0 Å². The molecule has 0 atom stereocenters. The van der Waals surface area contributed by atoms with Crippen LogP contribution in [0, 0.1) is 12.8 Å². The van der Waals surface area contributed by atoms with E-state index in [0.717, 1.165) is 105 Å². The van der Waals surface area contributed by atoms with Crippen molar-refractivity contribution in [3.05, 3.63) is 47.8 Å². The summed E-state index contributed by atoms with van der Waals surface area (Å²) in [5.41, 5.74) is 5.13. The summed E-state index contributed by atoms with van der Waals surface area (Å²) in [5, 5.41) is 0. The first-order chi connectivity index (χ1) is 18.6. The molecule has 0 bridgehead atoms. The molecular formula is C30H40N6O2. The predicted octanol–water partition coefficient (Wildman–Crippen LogP) is 4.55. The minimum atomic E-state index is 0.199. The van der Waals surface area contributed by atoms with Crippen molar-refractivity contribution in [3.63, 3.8) is 0 Å². The fraction of sp³-hybridized carbons (Fsp3) is 0.600. The minimum absolute atomic E-state index is 0.199. The van der Waals surface area contributed by atoms with Crippen molar-refractivity contribution in [1.82, 2.24) is 24.8 Å². The van der Waals surface area contributed by atoms with Crippen molar-refractivity contribution in [2.24, 2.45) is 5.92 Å². The first-order valence-corrected chi connectivity index (χ1v) is 14.4. The van der Waals surface area contributed by atoms with Gasteiger partial charge in [0.1, 0.15) is 17.1 Å². The maximum atomic E-state index is 6.63. The fourth-order valence-electron chi connectivity index (χ4n) is 6.18. The first-order valence-electron chi connectivity index (χ1n) is 14.4. The van der Waals surface area contributed by atoms with E-state index in [1.165, 1.54) is 18.4 Å². The van der Waals surface area contributed by atoms with Gasteiger partial charge in [0.25, 0.3) is 0 Å². The zero-order valence-corrected chi connectivity index (χ0v) is 22.8. The average Bonchev–Trinajstić information content (AvgIpc) is 2.95. The summed E-state index contributed by atoms with van der Waals surface area (Å²) >= 11 is 0. The summed E-state index contributed by atoms with van der Waals surface area (Å²) in [4.78, 5) is 23.8. The third-order valence-electron chi connectivity index (χ3n) is 8.57. The van der Waals surface area contributed by atoms with Crippen molar-refractivity contribution >= 4 is 16.7 Å². The topological polar surface area (TPSA) is 76.5 Å². The molecule has 8 heteroatoms. The highest BCUT2D eigenvalue weighted by atomic mass is 16.5. The van der Waals surface area contributed by atoms with E-state index in [1.54, 1.807) is 0 Å². The van der Waals surface area contributed by atoms with Crippen LogP contribution in [0.5, 0.6) is 5.75 Å². The zero-order chi connectivity index (χ0) is 25.9. The van der Waals surface area contributed by atoms with Gasteiger partial charge in [-0.3, -0.25) is 0 Å². The standard InChI is InChI=1S/C30H40N6O2/c1-21-18-33-30-27(34-21)16-25(36-11-13-37-14-12-36)17-28(30)38-26-5-3-22(4-6-26)15-29-31-19-24(20-32-29)23-7-9-35(2)10-8-23/h16-20,22-23,26H,3-15H2,1-2H3. The highest BCUT2D eigenvalue weighted by Crippen LogP contribution is 2.35. The molecule has 8 nitrogen and oxygen atoms in total. The molecule has 3 aromatic rings. The number of rotatable bonds is 6. The predicted molar refractivity (Wildman–Crippen MR) is 149 cm³/mol. The smallest absolute Gasteiger partial charge is 0.149 e. The number of ether oxygens (including phenoxy) is 2. The number of hydrogen-bond donors (Lipinski definition) is 0. The molecule has 6 rings (SSSR count). The van der Waals surface area contributed by atoms with Gasteiger partial charge in [0, 0.05) is 49.9 Å². The molecule has 0 amide bonds. The number of piperidine rings is 1. The SMILES string of the molecule is Cc1cnc2c(OC3CCC(Cc4ncc(C5CCN(C)CC5)cn4)CC3)cc(N3CCOCC3)cc2n1. The van der Waals surface area contributed by atoms with Crippen LogP contribution in [0.3, 0.4) is 0 Å². The molecule has 0 radical (unpaired) electrons. The normalized spacial score (nSPS) is 23.6. The van der Waals surface area contributed by atoms with Crippen LogP contribution in [0.15, 0.2) is 30.7 Å². The average molecular weight is 517 g/mol. The van der Waals surface area contributed by atoms with Crippen LogP contribution in [0.1, 0.15) is 61.5 Å². The van der Waals surface area contributed by atoms with Crippen molar-refractivity contribution < 1.29 is 9.47 Å². The van der Waals surface area contributed by atoms with Crippen molar-refractivity contribution in [3.8, 4) is 5.75 Å². The summed E-state index contributed by atoms with van der Waals surface area (Å²) in [6, 6.07) is 4.30. The number of morpholine rings is 1. The molecule has 3 fully saturated rings. The van der Waals surface area contributed by atoms with Gasteiger partial charge in [0.2, 0.25) is 0 Å². The number of hydrogen-bond acceptors (Lipinski definition) is 8. The summed E-state index contributed by atoms with van der Waals surface area (Å²) in [7, 11) is 2.20. The Balaban J connectivity index is 1.07. The highest BCUT2D eigenvalue weighted by molar-refractivity contribution is 5.85. The number of aryl methyl sites for hydroxylation is 1. The summed E-state index contributed by atoms with van der Waals surface area (Å²) < 4.78 is 12.2. The highest BCUT2D eigenvalue weighted by Gasteiger charge is 2.25. The van der Waals surface area contributed by atoms with E-state index >= 15 is 0 Å². The molecule has 0 spiro atoms. The van der Waals surface area contributed by atoms with Crippen LogP contribution in [-0.4, -0.2) is 77.4 Å². The Bertz CT molecular complexity index is 1210. The molecule has 2 aromatic heterocycles. The molecule has 0 N–H and O–H groups in total. The van der Waals surface area contributed by atoms with E-state index in [9.17, 15) is 0 Å². The molecule has 38 heavy (non-hydrogen) atoms. The summed E-state index contributed by atoms with van der Waals surface area (Å²) in [6.45, 7) is 7.59. The van der Waals surface area contributed by atoms with Gasteiger partial charge in [0.05, 0.1) is 30.5 Å². The van der Waals surface area contributed by atoms with E-state index in [1.807, 2.05) is 13.1 Å². The lowest BCUT2D eigenvalue weighted by Crippen LogP contribution is -2.36. The van der Waals surface area contributed by atoms with Crippen molar-refractivity contribution in [2.45, 2.75) is 63.9 Å². The molecule has 1 saturated carbocycles. The molecule has 4 heterocycles. The Morgan fingerprint density at radius 1 is 0.895 bits per heavy atom. The van der Waals surface area contributed by atoms with Gasteiger partial charge < -0.3 is 19.3 Å². The molecule has 1 aliphatic carbocycles. The Morgan fingerprint density at radius 3 is 2.37 bits per heavy atom. The Labute approximate surface area is 225 Å². The fourth-order valence-corrected chi connectivity index (χ4v) is 6.18. The number of nitrogens with zero attached hydrogens (tertiary/aromatic N) is 6. The van der Waals surface area contributed by atoms with Gasteiger partial charge in [-0.15, -0.1) is 0 Å². The first kappa shape index (κ1) is 25.4. The van der Waals surface area contributed by atoms with E-state index in [4.69, 9.17) is 29.4 Å². The second-order valence-corrected chi connectivity index (χ2v) is 11.4. The van der Waals surface area contributed by atoms with E-state index in [-0.39, 0.29) is 6.10 Å². The molecule has 202 valence electrons. The Morgan fingerprint density at radius 2 is 1.63 bits per heavy atom. The van der Waals surface area contributed by atoms with Crippen molar-refractivity contribution in [1.29, 1.82) is 0 Å². The molecular weight excluding hydrogens is 476 g/mol.